The van der Waals surface area contributed by atoms with Crippen LogP contribution >= 0.6 is 22.9 Å². The summed E-state index contributed by atoms with van der Waals surface area (Å²) in [4.78, 5) is 1.42. The van der Waals surface area contributed by atoms with Gasteiger partial charge in [0.25, 0.3) is 0 Å². The Morgan fingerprint density at radius 3 is 2.88 bits per heavy atom. The maximum atomic E-state index is 6.16. The van der Waals surface area contributed by atoms with Crippen molar-refractivity contribution in [1.29, 1.82) is 0 Å². The predicted octanol–water partition coefficient (Wildman–Crippen LogP) is 4.60. The molecule has 17 heavy (non-hydrogen) atoms. The molecule has 0 aliphatic heterocycles. The molecule has 86 valence electrons. The minimum atomic E-state index is 0.831. The predicted molar refractivity (Wildman–Crippen MR) is 75.0 cm³/mol. The Kier molecular flexibility index (Phi) is 2.91. The minimum Gasteiger partial charge on any atom is -0.347 e. The third kappa shape index (κ3) is 2.11. The van der Waals surface area contributed by atoms with Crippen LogP contribution in [-0.4, -0.2) is 4.57 Å². The van der Waals surface area contributed by atoms with Gasteiger partial charge in [-0.05, 0) is 36.1 Å². The van der Waals surface area contributed by atoms with E-state index < -0.39 is 0 Å². The molecule has 0 radical (unpaired) electrons. The lowest BCUT2D eigenvalue weighted by Gasteiger charge is -2.04. The van der Waals surface area contributed by atoms with Gasteiger partial charge in [-0.1, -0.05) is 23.7 Å². The van der Waals surface area contributed by atoms with Crippen LogP contribution in [0.1, 0.15) is 4.88 Å². The van der Waals surface area contributed by atoms with Crippen LogP contribution in [0.5, 0.6) is 0 Å². The first-order valence-electron chi connectivity index (χ1n) is 5.60. The van der Waals surface area contributed by atoms with E-state index in [1.54, 1.807) is 0 Å². The number of aryl methyl sites for hydroxylation is 2. The molecule has 3 heteroatoms. The zero-order valence-corrected chi connectivity index (χ0v) is 10.8. The van der Waals surface area contributed by atoms with Gasteiger partial charge in [0.1, 0.15) is 0 Å². The van der Waals surface area contributed by atoms with Gasteiger partial charge in [-0.2, -0.15) is 0 Å². The number of nitrogens with zero attached hydrogens (tertiary/aromatic N) is 1. The van der Waals surface area contributed by atoms with Crippen molar-refractivity contribution in [1.82, 2.24) is 4.57 Å². The van der Waals surface area contributed by atoms with Crippen molar-refractivity contribution < 1.29 is 0 Å². The van der Waals surface area contributed by atoms with Gasteiger partial charge in [0, 0.05) is 33.5 Å². The molecular formula is C14H12ClNS. The highest BCUT2D eigenvalue weighted by Gasteiger charge is 2.04. The molecule has 0 unspecified atom stereocenters. The molecule has 0 amide bonds. The first-order valence-corrected chi connectivity index (χ1v) is 6.86. The number of rotatable bonds is 3. The molecule has 0 spiro atoms. The van der Waals surface area contributed by atoms with E-state index in [2.05, 4.69) is 40.4 Å². The third-order valence-electron chi connectivity index (χ3n) is 2.94. The highest BCUT2D eigenvalue weighted by atomic mass is 35.5. The summed E-state index contributed by atoms with van der Waals surface area (Å²) in [6.45, 7) is 1.00. The number of fused-ring (bicyclic) bond motifs is 1. The molecular weight excluding hydrogens is 250 g/mol. The van der Waals surface area contributed by atoms with Gasteiger partial charge in [0.2, 0.25) is 0 Å². The fraction of sp³-hybridized carbons (Fsp3) is 0.143. The molecule has 0 fully saturated rings. The van der Waals surface area contributed by atoms with Crippen LogP contribution < -0.4 is 0 Å². The summed E-state index contributed by atoms with van der Waals surface area (Å²) in [7, 11) is 0. The summed E-state index contributed by atoms with van der Waals surface area (Å²) in [5.41, 5.74) is 1.22. The second kappa shape index (κ2) is 4.55. The summed E-state index contributed by atoms with van der Waals surface area (Å²) in [6, 6.07) is 12.4. The van der Waals surface area contributed by atoms with E-state index in [4.69, 9.17) is 11.6 Å². The monoisotopic (exact) mass is 261 g/mol. The molecule has 1 aromatic carbocycles. The number of thiophene rings is 1. The Morgan fingerprint density at radius 1 is 1.12 bits per heavy atom. The maximum Gasteiger partial charge on any atom is 0.0499 e. The normalized spacial score (nSPS) is 11.1. The number of halogens is 1. The summed E-state index contributed by atoms with van der Waals surface area (Å²) in [6.07, 6.45) is 3.19. The van der Waals surface area contributed by atoms with E-state index in [0.717, 1.165) is 23.4 Å². The van der Waals surface area contributed by atoms with Crippen molar-refractivity contribution in [2.45, 2.75) is 13.0 Å². The van der Waals surface area contributed by atoms with Gasteiger partial charge < -0.3 is 4.57 Å². The Morgan fingerprint density at radius 2 is 2.06 bits per heavy atom. The van der Waals surface area contributed by atoms with Crippen molar-refractivity contribution >= 4 is 33.8 Å². The molecule has 2 heterocycles. The fourth-order valence-electron chi connectivity index (χ4n) is 2.07. The van der Waals surface area contributed by atoms with Gasteiger partial charge >= 0.3 is 0 Å². The molecule has 0 atom stereocenters. The van der Waals surface area contributed by atoms with Crippen molar-refractivity contribution in [2.24, 2.45) is 0 Å². The third-order valence-corrected chi connectivity index (χ3v) is 4.21. The number of hydrogen-bond acceptors (Lipinski definition) is 1. The Labute approximate surface area is 109 Å². The average Bonchev–Trinajstić information content (AvgIpc) is 2.95. The minimum absolute atomic E-state index is 0.831. The van der Waals surface area contributed by atoms with Crippen LogP contribution in [0.3, 0.4) is 0 Å². The number of benzene rings is 1. The average molecular weight is 262 g/mol. The first-order chi connectivity index (χ1) is 8.34. The van der Waals surface area contributed by atoms with E-state index in [1.165, 1.54) is 10.4 Å². The second-order valence-corrected chi connectivity index (χ2v) is 5.45. The Hall–Kier alpha value is -1.25. The number of hydrogen-bond donors (Lipinski definition) is 0. The van der Waals surface area contributed by atoms with Gasteiger partial charge in [-0.15, -0.1) is 11.3 Å². The molecule has 0 N–H and O–H groups in total. The summed E-state index contributed by atoms with van der Waals surface area (Å²) in [5.74, 6) is 0. The number of aromatic nitrogens is 1. The lowest BCUT2D eigenvalue weighted by molar-refractivity contribution is 0.730. The molecule has 2 aromatic heterocycles. The van der Waals surface area contributed by atoms with Gasteiger partial charge in [-0.25, -0.2) is 0 Å². The van der Waals surface area contributed by atoms with Crippen LogP contribution in [0.25, 0.3) is 10.9 Å². The van der Waals surface area contributed by atoms with Crippen LogP contribution in [0.15, 0.2) is 48.0 Å². The standard InChI is InChI=1S/C14H12ClNS/c15-13-4-1-5-14-12(13)7-9-16(14)8-6-11-3-2-10-17-11/h1-5,7,9-10H,6,8H2. The molecule has 0 aliphatic carbocycles. The lowest BCUT2D eigenvalue weighted by Crippen LogP contribution is -1.98. The summed E-state index contributed by atoms with van der Waals surface area (Å²) < 4.78 is 2.26. The van der Waals surface area contributed by atoms with Crippen molar-refractivity contribution in [2.75, 3.05) is 0 Å². The van der Waals surface area contributed by atoms with Crippen LogP contribution in [0.4, 0.5) is 0 Å². The fourth-order valence-corrected chi connectivity index (χ4v) is 3.00. The van der Waals surface area contributed by atoms with Crippen LogP contribution in [0, 0.1) is 0 Å². The van der Waals surface area contributed by atoms with E-state index in [1.807, 2.05) is 23.5 Å². The zero-order chi connectivity index (χ0) is 11.7. The quantitative estimate of drug-likeness (QED) is 0.649. The SMILES string of the molecule is Clc1cccc2c1ccn2CCc1cccs1. The second-order valence-electron chi connectivity index (χ2n) is 4.01. The highest BCUT2D eigenvalue weighted by Crippen LogP contribution is 2.24. The van der Waals surface area contributed by atoms with E-state index >= 15 is 0 Å². The Balaban J connectivity index is 1.88. The first kappa shape index (κ1) is 10.9. The molecule has 3 rings (SSSR count). The lowest BCUT2D eigenvalue weighted by atomic mass is 10.2. The van der Waals surface area contributed by atoms with E-state index in [9.17, 15) is 0 Å². The van der Waals surface area contributed by atoms with Gasteiger partial charge in [-0.3, -0.25) is 0 Å². The molecule has 0 bridgehead atoms. The molecule has 0 saturated heterocycles. The van der Waals surface area contributed by atoms with Crippen molar-refractivity contribution in [3.05, 3.63) is 57.9 Å². The molecule has 0 saturated carbocycles. The van der Waals surface area contributed by atoms with E-state index in [0.29, 0.717) is 0 Å². The van der Waals surface area contributed by atoms with Gasteiger partial charge in [0.05, 0.1) is 0 Å². The molecule has 1 nitrogen and oxygen atoms in total. The summed E-state index contributed by atoms with van der Waals surface area (Å²) in [5, 5.41) is 4.10. The molecule has 0 aliphatic rings. The van der Waals surface area contributed by atoms with Crippen LogP contribution in [-0.2, 0) is 13.0 Å². The smallest absolute Gasteiger partial charge is 0.0499 e. The van der Waals surface area contributed by atoms with Gasteiger partial charge in [0.15, 0.2) is 0 Å². The molecule has 3 aromatic rings. The zero-order valence-electron chi connectivity index (χ0n) is 9.27. The topological polar surface area (TPSA) is 4.93 Å². The van der Waals surface area contributed by atoms with E-state index in [-0.39, 0.29) is 0 Å². The highest BCUT2D eigenvalue weighted by molar-refractivity contribution is 7.09. The van der Waals surface area contributed by atoms with Crippen molar-refractivity contribution in [3.63, 3.8) is 0 Å². The Bertz CT molecular complexity index is 625. The van der Waals surface area contributed by atoms with Crippen molar-refractivity contribution in [3.8, 4) is 0 Å². The summed E-state index contributed by atoms with van der Waals surface area (Å²) >= 11 is 7.97. The maximum absolute atomic E-state index is 6.16. The largest absolute Gasteiger partial charge is 0.347 e. The van der Waals surface area contributed by atoms with Crippen LogP contribution in [0.2, 0.25) is 5.02 Å².